The first-order valence-corrected chi connectivity index (χ1v) is 7.29. The van der Waals surface area contributed by atoms with E-state index < -0.39 is 15.6 Å². The number of alkyl halides is 3. The first-order chi connectivity index (χ1) is 9.39. The van der Waals surface area contributed by atoms with Crippen LogP contribution in [0.5, 0.6) is 0 Å². The van der Waals surface area contributed by atoms with E-state index in [1.807, 2.05) is 6.08 Å². The van der Waals surface area contributed by atoms with E-state index in [2.05, 4.69) is 51.0 Å². The minimum atomic E-state index is -6.09. The average Bonchev–Trinajstić information content (AvgIpc) is 2.27. The predicted octanol–water partition coefficient (Wildman–Crippen LogP) is 2.50. The van der Waals surface area contributed by atoms with Gasteiger partial charge in [0.25, 0.3) is 0 Å². The van der Waals surface area contributed by atoms with Crippen LogP contribution in [0.25, 0.3) is 0 Å². The molecule has 0 unspecified atom stereocenters. The van der Waals surface area contributed by atoms with E-state index in [4.69, 9.17) is 13.0 Å². The molecular weight excluding hydrogens is 307 g/mol. The van der Waals surface area contributed by atoms with Crippen LogP contribution in [0, 0.1) is 0 Å². The number of hydrogen-bond donors (Lipinski definition) is 0. The second-order valence-corrected chi connectivity index (χ2v) is 6.32. The van der Waals surface area contributed by atoms with E-state index >= 15 is 0 Å². The van der Waals surface area contributed by atoms with Crippen LogP contribution in [-0.2, 0) is 16.7 Å². The molecule has 120 valence electrons. The Morgan fingerprint density at radius 1 is 1.24 bits per heavy atom. The molecule has 1 rings (SSSR count). The fourth-order valence-corrected chi connectivity index (χ4v) is 1.49. The maximum atomic E-state index is 10.7. The standard InChI is InChI=1S/C12H18N.CHF3O3S/c1-4-10-13(2,3)11-12-8-6-5-7-9-12;2-1(3,4)8(5,6)7/h4-9H,1,10-11H2,2-3H3;(H,5,6,7)/q+1;/p-1. The summed E-state index contributed by atoms with van der Waals surface area (Å²) >= 11 is 0. The summed E-state index contributed by atoms with van der Waals surface area (Å²) in [5, 5.41) is 0. The van der Waals surface area contributed by atoms with Crippen LogP contribution >= 0.6 is 0 Å². The van der Waals surface area contributed by atoms with Gasteiger partial charge >= 0.3 is 5.51 Å². The fourth-order valence-electron chi connectivity index (χ4n) is 1.49. The maximum Gasteiger partial charge on any atom is 0.485 e. The predicted molar refractivity (Wildman–Crippen MR) is 73.1 cm³/mol. The van der Waals surface area contributed by atoms with E-state index in [0.29, 0.717) is 0 Å². The Labute approximate surface area is 122 Å². The summed E-state index contributed by atoms with van der Waals surface area (Å²) in [5.74, 6) is 0. The van der Waals surface area contributed by atoms with Gasteiger partial charge in [0.15, 0.2) is 10.1 Å². The number of halogens is 3. The monoisotopic (exact) mass is 325 g/mol. The normalized spacial score (nSPS) is 12.3. The Balaban J connectivity index is 0.000000433. The van der Waals surface area contributed by atoms with Gasteiger partial charge in [-0.15, -0.1) is 0 Å². The summed E-state index contributed by atoms with van der Waals surface area (Å²) < 4.78 is 59.9. The van der Waals surface area contributed by atoms with Gasteiger partial charge < -0.3 is 9.04 Å². The van der Waals surface area contributed by atoms with Crippen LogP contribution < -0.4 is 0 Å². The van der Waals surface area contributed by atoms with Gasteiger partial charge in [0.1, 0.15) is 6.54 Å². The fraction of sp³-hybridized carbons (Fsp3) is 0.385. The van der Waals surface area contributed by atoms with Gasteiger partial charge in [0.2, 0.25) is 0 Å². The molecule has 0 atom stereocenters. The summed E-state index contributed by atoms with van der Waals surface area (Å²) in [4.78, 5) is 0. The van der Waals surface area contributed by atoms with Crippen LogP contribution in [0.3, 0.4) is 0 Å². The van der Waals surface area contributed by atoms with Crippen LogP contribution in [0.15, 0.2) is 43.0 Å². The van der Waals surface area contributed by atoms with Gasteiger partial charge in [-0.1, -0.05) is 36.9 Å². The Bertz CT molecular complexity index is 540. The van der Waals surface area contributed by atoms with Gasteiger partial charge in [-0.2, -0.15) is 13.2 Å². The van der Waals surface area contributed by atoms with E-state index in [9.17, 15) is 13.2 Å². The molecule has 1 aromatic rings. The minimum Gasteiger partial charge on any atom is -0.741 e. The van der Waals surface area contributed by atoms with Crippen LogP contribution in [-0.4, -0.2) is 43.6 Å². The number of nitrogens with zero attached hydrogens (tertiary/aromatic N) is 1. The Kier molecular flexibility index (Phi) is 7.08. The topological polar surface area (TPSA) is 57.2 Å². The van der Waals surface area contributed by atoms with Crippen molar-refractivity contribution in [3.05, 3.63) is 48.6 Å². The summed E-state index contributed by atoms with van der Waals surface area (Å²) in [5.41, 5.74) is -4.26. The number of hydrogen-bond acceptors (Lipinski definition) is 3. The lowest BCUT2D eigenvalue weighted by atomic mass is 10.2. The third-order valence-corrected chi connectivity index (χ3v) is 2.93. The first kappa shape index (κ1) is 19.6. The van der Waals surface area contributed by atoms with Gasteiger partial charge in [-0.3, -0.25) is 0 Å². The van der Waals surface area contributed by atoms with Crippen molar-refractivity contribution >= 4 is 10.1 Å². The zero-order chi connectivity index (χ0) is 16.7. The zero-order valence-corrected chi connectivity index (χ0v) is 12.6. The Hall–Kier alpha value is -1.38. The largest absolute Gasteiger partial charge is 0.741 e. The number of quaternary nitrogens is 1. The smallest absolute Gasteiger partial charge is 0.485 e. The molecule has 0 amide bonds. The highest BCUT2D eigenvalue weighted by Gasteiger charge is 2.36. The molecule has 0 fully saturated rings. The quantitative estimate of drug-likeness (QED) is 0.370. The van der Waals surface area contributed by atoms with Crippen molar-refractivity contribution < 1.29 is 30.6 Å². The van der Waals surface area contributed by atoms with Gasteiger partial charge in [0, 0.05) is 5.56 Å². The molecule has 0 saturated carbocycles. The molecule has 1 aromatic carbocycles. The highest BCUT2D eigenvalue weighted by atomic mass is 32.2. The zero-order valence-electron chi connectivity index (χ0n) is 11.8. The molecule has 0 aromatic heterocycles. The highest BCUT2D eigenvalue weighted by molar-refractivity contribution is 7.86. The van der Waals surface area contributed by atoms with E-state index in [1.54, 1.807) is 0 Å². The Morgan fingerprint density at radius 3 is 2.00 bits per heavy atom. The Morgan fingerprint density at radius 2 is 1.67 bits per heavy atom. The summed E-state index contributed by atoms with van der Waals surface area (Å²) in [6.45, 7) is 5.84. The average molecular weight is 325 g/mol. The lowest BCUT2D eigenvalue weighted by Gasteiger charge is -2.28. The highest BCUT2D eigenvalue weighted by Crippen LogP contribution is 2.20. The molecule has 0 spiro atoms. The van der Waals surface area contributed by atoms with Crippen molar-refractivity contribution in [3.63, 3.8) is 0 Å². The third-order valence-electron chi connectivity index (χ3n) is 2.36. The third kappa shape index (κ3) is 8.49. The van der Waals surface area contributed by atoms with Crippen molar-refractivity contribution in [1.82, 2.24) is 0 Å². The minimum absolute atomic E-state index is 0.966. The van der Waals surface area contributed by atoms with Crippen molar-refractivity contribution in [2.75, 3.05) is 20.6 Å². The molecular formula is C13H18F3NO3S. The molecule has 0 saturated heterocycles. The molecule has 8 heteroatoms. The van der Waals surface area contributed by atoms with E-state index in [0.717, 1.165) is 17.6 Å². The van der Waals surface area contributed by atoms with Crippen molar-refractivity contribution in [2.45, 2.75) is 12.1 Å². The van der Waals surface area contributed by atoms with Crippen molar-refractivity contribution in [2.24, 2.45) is 0 Å². The molecule has 21 heavy (non-hydrogen) atoms. The van der Waals surface area contributed by atoms with E-state index in [-0.39, 0.29) is 0 Å². The molecule has 0 N–H and O–H groups in total. The van der Waals surface area contributed by atoms with Crippen LogP contribution in [0.4, 0.5) is 13.2 Å². The molecule has 0 bridgehead atoms. The van der Waals surface area contributed by atoms with Crippen molar-refractivity contribution in [3.8, 4) is 0 Å². The molecule has 0 radical (unpaired) electrons. The van der Waals surface area contributed by atoms with Gasteiger partial charge in [-0.05, 0) is 6.08 Å². The number of benzene rings is 1. The van der Waals surface area contributed by atoms with E-state index in [1.165, 1.54) is 5.56 Å². The number of likely N-dealkylation sites (N-methyl/N-ethyl adjacent to an activating group) is 1. The maximum absolute atomic E-state index is 10.7. The molecule has 0 heterocycles. The van der Waals surface area contributed by atoms with Crippen LogP contribution in [0.1, 0.15) is 5.56 Å². The second-order valence-electron chi connectivity index (χ2n) is 4.95. The van der Waals surface area contributed by atoms with Crippen molar-refractivity contribution in [1.29, 1.82) is 0 Å². The summed E-state index contributed by atoms with van der Waals surface area (Å²) in [6.07, 6.45) is 1.98. The number of rotatable bonds is 4. The van der Waals surface area contributed by atoms with Crippen LogP contribution in [0.2, 0.25) is 0 Å². The molecule has 0 aliphatic heterocycles. The summed E-state index contributed by atoms with van der Waals surface area (Å²) in [7, 11) is -1.66. The molecule has 0 aliphatic carbocycles. The molecule has 4 nitrogen and oxygen atoms in total. The lowest BCUT2D eigenvalue weighted by Crippen LogP contribution is -2.38. The summed E-state index contributed by atoms with van der Waals surface area (Å²) in [6, 6.07) is 10.6. The van der Waals surface area contributed by atoms with Gasteiger partial charge in [-0.25, -0.2) is 8.42 Å². The van der Waals surface area contributed by atoms with Gasteiger partial charge in [0.05, 0.1) is 20.6 Å². The SMILES string of the molecule is C=CC[N+](C)(C)Cc1ccccc1.O=S(=O)([O-])C(F)(F)F. The molecule has 0 aliphatic rings. The lowest BCUT2D eigenvalue weighted by molar-refractivity contribution is -0.897. The first-order valence-electron chi connectivity index (χ1n) is 5.88. The second kappa shape index (κ2) is 7.58.